The molecule has 0 radical (unpaired) electrons. The van der Waals surface area contributed by atoms with Crippen LogP contribution in [0.5, 0.6) is 0 Å². The zero-order valence-electron chi connectivity index (χ0n) is 12.5. The summed E-state index contributed by atoms with van der Waals surface area (Å²) in [5, 5.41) is 3.54. The molecule has 3 heteroatoms. The maximum atomic E-state index is 11.1. The van der Waals surface area contributed by atoms with Gasteiger partial charge in [-0.1, -0.05) is 32.6 Å². The van der Waals surface area contributed by atoms with E-state index in [1.165, 1.54) is 25.7 Å². The Hall–Kier alpha value is -0.570. The number of nitrogens with one attached hydrogen (secondary N) is 1. The normalized spacial score (nSPS) is 12.4. The maximum absolute atomic E-state index is 11.1. The van der Waals surface area contributed by atoms with Crippen molar-refractivity contribution in [3.8, 4) is 0 Å². The molecule has 0 aliphatic rings. The zero-order valence-corrected chi connectivity index (χ0v) is 12.5. The summed E-state index contributed by atoms with van der Waals surface area (Å²) in [7, 11) is 0. The Morgan fingerprint density at radius 2 is 1.89 bits per heavy atom. The smallest absolute Gasteiger partial charge is 0.305 e. The molecule has 0 aromatic carbocycles. The lowest BCUT2D eigenvalue weighted by Gasteiger charge is -2.13. The summed E-state index contributed by atoms with van der Waals surface area (Å²) in [6.45, 7) is 7.91. The molecule has 0 bridgehead atoms. The van der Waals surface area contributed by atoms with Crippen LogP contribution in [0.1, 0.15) is 72.1 Å². The topological polar surface area (TPSA) is 38.3 Å². The van der Waals surface area contributed by atoms with E-state index >= 15 is 0 Å². The number of esters is 1. The number of unbranched alkanes of at least 4 members (excludes halogenated alkanes) is 4. The van der Waals surface area contributed by atoms with Crippen LogP contribution in [0, 0.1) is 0 Å². The molecule has 1 unspecified atom stereocenters. The van der Waals surface area contributed by atoms with Crippen molar-refractivity contribution < 1.29 is 9.53 Å². The molecule has 0 fully saturated rings. The third-order valence-corrected chi connectivity index (χ3v) is 3.10. The number of rotatable bonds is 12. The quantitative estimate of drug-likeness (QED) is 0.428. The average Bonchev–Trinajstić information content (AvgIpc) is 2.34. The third-order valence-electron chi connectivity index (χ3n) is 3.10. The molecule has 3 nitrogen and oxygen atoms in total. The van der Waals surface area contributed by atoms with Crippen molar-refractivity contribution in [2.45, 2.75) is 78.2 Å². The van der Waals surface area contributed by atoms with Crippen LogP contribution in [0.3, 0.4) is 0 Å². The van der Waals surface area contributed by atoms with Crippen molar-refractivity contribution in [3.05, 3.63) is 0 Å². The van der Waals surface area contributed by atoms with Crippen LogP contribution in [0.15, 0.2) is 0 Å². The van der Waals surface area contributed by atoms with Gasteiger partial charge in [0.15, 0.2) is 0 Å². The van der Waals surface area contributed by atoms with Gasteiger partial charge in [-0.15, -0.1) is 0 Å². The summed E-state index contributed by atoms with van der Waals surface area (Å²) in [4.78, 5) is 11.1. The summed E-state index contributed by atoms with van der Waals surface area (Å²) in [5.41, 5.74) is 0. The molecule has 0 spiro atoms. The largest absolute Gasteiger partial charge is 0.466 e. The van der Waals surface area contributed by atoms with Gasteiger partial charge in [-0.05, 0) is 39.7 Å². The Balaban J connectivity index is 3.21. The Labute approximate surface area is 113 Å². The van der Waals surface area contributed by atoms with E-state index in [4.69, 9.17) is 4.74 Å². The fourth-order valence-corrected chi connectivity index (χ4v) is 1.96. The number of ether oxygens (including phenoxy) is 1. The second-order valence-electron chi connectivity index (χ2n) is 4.97. The van der Waals surface area contributed by atoms with Gasteiger partial charge in [0.1, 0.15) is 0 Å². The van der Waals surface area contributed by atoms with Crippen LogP contribution in [0.25, 0.3) is 0 Å². The summed E-state index contributed by atoms with van der Waals surface area (Å²) >= 11 is 0. The molecular formula is C15H31NO2. The van der Waals surface area contributed by atoms with Crippen molar-refractivity contribution in [1.29, 1.82) is 0 Å². The van der Waals surface area contributed by atoms with Gasteiger partial charge in [0.2, 0.25) is 0 Å². The summed E-state index contributed by atoms with van der Waals surface area (Å²) in [5.74, 6) is -0.0570. The minimum Gasteiger partial charge on any atom is -0.466 e. The molecule has 1 N–H and O–H groups in total. The van der Waals surface area contributed by atoms with Crippen LogP contribution in [0.2, 0.25) is 0 Å². The molecule has 0 aromatic rings. The van der Waals surface area contributed by atoms with E-state index in [2.05, 4.69) is 19.2 Å². The van der Waals surface area contributed by atoms with Crippen LogP contribution < -0.4 is 5.32 Å². The first-order chi connectivity index (χ1) is 8.70. The highest BCUT2D eigenvalue weighted by atomic mass is 16.5. The Bertz CT molecular complexity index is 195. The molecule has 0 aliphatic heterocycles. The van der Waals surface area contributed by atoms with Gasteiger partial charge in [0, 0.05) is 12.5 Å². The Kier molecular flexibility index (Phi) is 12.5. The van der Waals surface area contributed by atoms with E-state index in [1.807, 2.05) is 6.92 Å². The first kappa shape index (κ1) is 17.4. The maximum Gasteiger partial charge on any atom is 0.305 e. The van der Waals surface area contributed by atoms with Gasteiger partial charge in [-0.25, -0.2) is 0 Å². The van der Waals surface area contributed by atoms with Gasteiger partial charge in [0.05, 0.1) is 6.61 Å². The van der Waals surface area contributed by atoms with E-state index in [-0.39, 0.29) is 5.97 Å². The van der Waals surface area contributed by atoms with Crippen molar-refractivity contribution in [3.63, 3.8) is 0 Å². The highest BCUT2D eigenvalue weighted by Gasteiger charge is 2.02. The Morgan fingerprint density at radius 1 is 1.11 bits per heavy atom. The van der Waals surface area contributed by atoms with Crippen LogP contribution in [-0.2, 0) is 9.53 Å². The van der Waals surface area contributed by atoms with E-state index in [0.29, 0.717) is 19.1 Å². The lowest BCUT2D eigenvalue weighted by atomic mass is 10.1. The second kappa shape index (κ2) is 12.9. The standard InChI is InChI=1S/C15H31NO2/c1-4-6-8-11-14(3)16-13-10-7-9-12-15(17)18-5-2/h14,16H,4-13H2,1-3H3. The average molecular weight is 257 g/mol. The fourth-order valence-electron chi connectivity index (χ4n) is 1.96. The molecule has 0 saturated heterocycles. The molecule has 18 heavy (non-hydrogen) atoms. The molecular weight excluding hydrogens is 226 g/mol. The van der Waals surface area contributed by atoms with Crippen molar-refractivity contribution in [2.24, 2.45) is 0 Å². The minimum atomic E-state index is -0.0570. The molecule has 108 valence electrons. The summed E-state index contributed by atoms with van der Waals surface area (Å²) in [6.07, 6.45) is 9.01. The molecule has 0 amide bonds. The van der Waals surface area contributed by atoms with E-state index in [9.17, 15) is 4.79 Å². The van der Waals surface area contributed by atoms with Crippen LogP contribution >= 0.6 is 0 Å². The van der Waals surface area contributed by atoms with Gasteiger partial charge in [-0.3, -0.25) is 4.79 Å². The van der Waals surface area contributed by atoms with Gasteiger partial charge < -0.3 is 10.1 Å². The summed E-state index contributed by atoms with van der Waals surface area (Å²) in [6, 6.07) is 0.626. The van der Waals surface area contributed by atoms with E-state index in [0.717, 1.165) is 25.8 Å². The number of carbonyl (C=O) groups excluding carboxylic acids is 1. The fraction of sp³-hybridized carbons (Fsp3) is 0.933. The predicted molar refractivity (Wildman–Crippen MR) is 76.7 cm³/mol. The van der Waals surface area contributed by atoms with Gasteiger partial charge in [-0.2, -0.15) is 0 Å². The molecule has 0 rings (SSSR count). The lowest BCUT2D eigenvalue weighted by molar-refractivity contribution is -0.143. The van der Waals surface area contributed by atoms with Gasteiger partial charge in [0.25, 0.3) is 0 Å². The molecule has 0 heterocycles. The first-order valence-corrected chi connectivity index (χ1v) is 7.59. The highest BCUT2D eigenvalue weighted by Crippen LogP contribution is 2.04. The summed E-state index contributed by atoms with van der Waals surface area (Å²) < 4.78 is 4.89. The lowest BCUT2D eigenvalue weighted by Crippen LogP contribution is -2.26. The monoisotopic (exact) mass is 257 g/mol. The molecule has 0 saturated carbocycles. The molecule has 0 aliphatic carbocycles. The van der Waals surface area contributed by atoms with Crippen molar-refractivity contribution in [1.82, 2.24) is 5.32 Å². The predicted octanol–water partition coefficient (Wildman–Crippen LogP) is 3.67. The number of carbonyl (C=O) groups is 1. The molecule has 0 aromatic heterocycles. The first-order valence-electron chi connectivity index (χ1n) is 7.59. The van der Waals surface area contributed by atoms with Crippen LogP contribution in [-0.4, -0.2) is 25.2 Å². The second-order valence-corrected chi connectivity index (χ2v) is 4.97. The zero-order chi connectivity index (χ0) is 13.6. The van der Waals surface area contributed by atoms with Crippen molar-refractivity contribution >= 4 is 5.97 Å². The van der Waals surface area contributed by atoms with Crippen molar-refractivity contribution in [2.75, 3.05) is 13.2 Å². The van der Waals surface area contributed by atoms with Gasteiger partial charge >= 0.3 is 5.97 Å². The number of hydrogen-bond acceptors (Lipinski definition) is 3. The minimum absolute atomic E-state index is 0.0570. The van der Waals surface area contributed by atoms with E-state index in [1.54, 1.807) is 0 Å². The highest BCUT2D eigenvalue weighted by molar-refractivity contribution is 5.69. The SMILES string of the molecule is CCCCCC(C)NCCCCCC(=O)OCC. The third kappa shape index (κ3) is 11.9. The van der Waals surface area contributed by atoms with Crippen LogP contribution in [0.4, 0.5) is 0 Å². The Morgan fingerprint density at radius 3 is 2.56 bits per heavy atom. The molecule has 1 atom stereocenters. The van der Waals surface area contributed by atoms with E-state index < -0.39 is 0 Å². The number of hydrogen-bond donors (Lipinski definition) is 1.